The van der Waals surface area contributed by atoms with E-state index >= 15 is 0 Å². The van der Waals surface area contributed by atoms with Gasteiger partial charge in [-0.25, -0.2) is 0 Å². The van der Waals surface area contributed by atoms with Crippen LogP contribution >= 0.6 is 0 Å². The van der Waals surface area contributed by atoms with E-state index in [0.717, 1.165) is 35.4 Å². The Kier molecular flexibility index (Phi) is 6.59. The zero-order valence-corrected chi connectivity index (χ0v) is 18.6. The number of benzene rings is 2. The van der Waals surface area contributed by atoms with E-state index < -0.39 is 0 Å². The van der Waals surface area contributed by atoms with Gasteiger partial charge in [0, 0.05) is 42.8 Å². The maximum Gasteiger partial charge on any atom is 0.260 e. The van der Waals surface area contributed by atoms with E-state index in [-0.39, 0.29) is 24.5 Å². The molecule has 166 valence electrons. The number of aryl methyl sites for hydroxylation is 1. The summed E-state index contributed by atoms with van der Waals surface area (Å²) < 4.78 is 7.75. The van der Waals surface area contributed by atoms with E-state index in [1.165, 1.54) is 0 Å². The molecule has 3 aromatic rings. The Hall–Kier alpha value is -3.54. The Labute approximate surface area is 188 Å². The topological polar surface area (TPSA) is 63.6 Å². The van der Waals surface area contributed by atoms with Crippen molar-refractivity contribution in [1.82, 2.24) is 14.8 Å². The predicted octanol–water partition coefficient (Wildman–Crippen LogP) is 3.89. The van der Waals surface area contributed by atoms with E-state index in [2.05, 4.69) is 5.32 Å². The van der Waals surface area contributed by atoms with Gasteiger partial charge in [0.2, 0.25) is 0 Å². The van der Waals surface area contributed by atoms with Gasteiger partial charge in [0.1, 0.15) is 5.75 Å². The molecule has 1 aliphatic rings. The molecule has 0 aliphatic carbocycles. The van der Waals surface area contributed by atoms with Crippen molar-refractivity contribution in [2.45, 2.75) is 32.7 Å². The molecule has 4 rings (SSSR count). The van der Waals surface area contributed by atoms with Crippen molar-refractivity contribution in [2.24, 2.45) is 0 Å². The minimum Gasteiger partial charge on any atom is -0.483 e. The molecule has 0 spiro atoms. The van der Waals surface area contributed by atoms with Crippen molar-refractivity contribution in [3.8, 4) is 11.4 Å². The number of nitrogens with one attached hydrogen (secondary N) is 1. The second kappa shape index (κ2) is 9.73. The van der Waals surface area contributed by atoms with Crippen LogP contribution in [0.1, 0.15) is 34.3 Å². The molecule has 0 bridgehead atoms. The van der Waals surface area contributed by atoms with Crippen molar-refractivity contribution >= 4 is 11.8 Å². The molecule has 0 unspecified atom stereocenters. The molecule has 2 aromatic carbocycles. The van der Waals surface area contributed by atoms with Crippen molar-refractivity contribution < 1.29 is 14.3 Å². The average Bonchev–Trinajstić information content (AvgIpc) is 3.35. The summed E-state index contributed by atoms with van der Waals surface area (Å²) in [5.41, 5.74) is 3.86. The molecule has 2 heterocycles. The number of aromatic nitrogens is 1. The fraction of sp³-hybridized carbons (Fsp3) is 0.308. The number of carbonyl (C=O) groups is 2. The molecule has 1 fully saturated rings. The summed E-state index contributed by atoms with van der Waals surface area (Å²) in [6.45, 7) is 5.30. The summed E-state index contributed by atoms with van der Waals surface area (Å²) in [6.07, 6.45) is 5.42. The first-order valence-electron chi connectivity index (χ1n) is 11.0. The Morgan fingerprint density at radius 1 is 0.969 bits per heavy atom. The smallest absolute Gasteiger partial charge is 0.260 e. The fourth-order valence-electron chi connectivity index (χ4n) is 3.94. The van der Waals surface area contributed by atoms with Crippen molar-refractivity contribution in [2.75, 3.05) is 19.7 Å². The van der Waals surface area contributed by atoms with E-state index in [1.54, 1.807) is 0 Å². The van der Waals surface area contributed by atoms with Crippen LogP contribution in [0.3, 0.4) is 0 Å². The molecule has 0 radical (unpaired) electrons. The monoisotopic (exact) mass is 431 g/mol. The third kappa shape index (κ3) is 5.02. The van der Waals surface area contributed by atoms with E-state index in [0.29, 0.717) is 18.7 Å². The zero-order valence-electron chi connectivity index (χ0n) is 18.6. The second-order valence-electron chi connectivity index (χ2n) is 8.25. The molecule has 32 heavy (non-hydrogen) atoms. The lowest BCUT2D eigenvalue weighted by Crippen LogP contribution is -2.47. The lowest BCUT2D eigenvalue weighted by molar-refractivity contribution is -0.134. The Bertz CT molecular complexity index is 1070. The van der Waals surface area contributed by atoms with Crippen LogP contribution in [-0.2, 0) is 4.79 Å². The number of hydrogen-bond donors (Lipinski definition) is 1. The molecule has 1 N–H and O–H groups in total. The molecule has 1 saturated heterocycles. The van der Waals surface area contributed by atoms with Gasteiger partial charge in [-0.2, -0.15) is 0 Å². The van der Waals surface area contributed by atoms with E-state index in [1.807, 2.05) is 90.3 Å². The Balaban J connectivity index is 1.24. The SMILES string of the molecule is Cc1cccc(OCC(=O)N2CCC(NC(=O)c3ccc(-n4cccc4)cc3)CC2)c1C. The number of rotatable bonds is 6. The summed E-state index contributed by atoms with van der Waals surface area (Å²) in [4.78, 5) is 27.0. The highest BCUT2D eigenvalue weighted by atomic mass is 16.5. The standard InChI is InChI=1S/C26H29N3O3/c1-19-6-5-7-24(20(19)2)32-18-25(30)29-16-12-22(13-17-29)27-26(31)21-8-10-23(11-9-21)28-14-3-4-15-28/h3-11,14-15,22H,12-13,16-18H2,1-2H3,(H,27,31). The third-order valence-corrected chi connectivity index (χ3v) is 6.12. The molecule has 1 aromatic heterocycles. The van der Waals surface area contributed by atoms with Crippen LogP contribution in [0.25, 0.3) is 5.69 Å². The maximum atomic E-state index is 12.6. The number of amides is 2. The van der Waals surface area contributed by atoms with Gasteiger partial charge in [0.25, 0.3) is 11.8 Å². The highest BCUT2D eigenvalue weighted by Crippen LogP contribution is 2.21. The number of carbonyl (C=O) groups excluding carboxylic acids is 2. The molecule has 6 nitrogen and oxygen atoms in total. The average molecular weight is 432 g/mol. The number of nitrogens with zero attached hydrogens (tertiary/aromatic N) is 2. The van der Waals surface area contributed by atoms with E-state index in [9.17, 15) is 9.59 Å². The van der Waals surface area contributed by atoms with Crippen LogP contribution in [-0.4, -0.2) is 47.0 Å². The predicted molar refractivity (Wildman–Crippen MR) is 124 cm³/mol. The van der Waals surface area contributed by atoms with Gasteiger partial charge < -0.3 is 19.5 Å². The van der Waals surface area contributed by atoms with Crippen molar-refractivity contribution in [3.63, 3.8) is 0 Å². The van der Waals surface area contributed by atoms with Gasteiger partial charge in [-0.05, 0) is 80.3 Å². The largest absolute Gasteiger partial charge is 0.483 e. The van der Waals surface area contributed by atoms with Gasteiger partial charge in [-0.3, -0.25) is 9.59 Å². The number of piperidine rings is 1. The van der Waals surface area contributed by atoms with Gasteiger partial charge in [-0.15, -0.1) is 0 Å². The lowest BCUT2D eigenvalue weighted by Gasteiger charge is -2.32. The van der Waals surface area contributed by atoms with Crippen LogP contribution in [0, 0.1) is 13.8 Å². The van der Waals surface area contributed by atoms with Gasteiger partial charge in [0.15, 0.2) is 6.61 Å². The summed E-state index contributed by atoms with van der Waals surface area (Å²) in [5, 5.41) is 3.11. The quantitative estimate of drug-likeness (QED) is 0.644. The second-order valence-corrected chi connectivity index (χ2v) is 8.25. The molecular weight excluding hydrogens is 402 g/mol. The minimum atomic E-state index is -0.0768. The molecular formula is C26H29N3O3. The molecule has 0 saturated carbocycles. The zero-order chi connectivity index (χ0) is 22.5. The number of hydrogen-bond acceptors (Lipinski definition) is 3. The number of ether oxygens (including phenoxy) is 1. The van der Waals surface area contributed by atoms with Gasteiger partial charge in [0.05, 0.1) is 0 Å². The Morgan fingerprint density at radius 2 is 1.66 bits per heavy atom. The van der Waals surface area contributed by atoms with Gasteiger partial charge >= 0.3 is 0 Å². The fourth-order valence-corrected chi connectivity index (χ4v) is 3.94. The Morgan fingerprint density at radius 3 is 2.34 bits per heavy atom. The first kappa shape index (κ1) is 21.7. The van der Waals surface area contributed by atoms with Crippen LogP contribution in [0.5, 0.6) is 5.75 Å². The first-order valence-corrected chi connectivity index (χ1v) is 11.0. The van der Waals surface area contributed by atoms with Crippen molar-refractivity contribution in [3.05, 3.63) is 83.7 Å². The van der Waals surface area contributed by atoms with Crippen LogP contribution < -0.4 is 10.1 Å². The summed E-state index contributed by atoms with van der Waals surface area (Å²) in [7, 11) is 0. The maximum absolute atomic E-state index is 12.6. The van der Waals surface area contributed by atoms with Crippen LogP contribution in [0.2, 0.25) is 0 Å². The van der Waals surface area contributed by atoms with Crippen LogP contribution in [0.15, 0.2) is 67.0 Å². The molecule has 6 heteroatoms. The highest BCUT2D eigenvalue weighted by molar-refractivity contribution is 5.94. The molecule has 0 atom stereocenters. The summed E-state index contributed by atoms with van der Waals surface area (Å²) >= 11 is 0. The number of likely N-dealkylation sites (tertiary alicyclic amines) is 1. The third-order valence-electron chi connectivity index (χ3n) is 6.12. The van der Waals surface area contributed by atoms with Crippen LogP contribution in [0.4, 0.5) is 0 Å². The summed E-state index contributed by atoms with van der Waals surface area (Å²) in [5.74, 6) is 0.659. The lowest BCUT2D eigenvalue weighted by atomic mass is 10.0. The normalized spacial score (nSPS) is 14.2. The summed E-state index contributed by atoms with van der Waals surface area (Å²) in [6, 6.07) is 17.4. The molecule has 1 aliphatic heterocycles. The van der Waals surface area contributed by atoms with Crippen molar-refractivity contribution in [1.29, 1.82) is 0 Å². The molecule has 2 amide bonds. The minimum absolute atomic E-state index is 0.0173. The van der Waals surface area contributed by atoms with E-state index in [4.69, 9.17) is 4.74 Å². The van der Waals surface area contributed by atoms with Gasteiger partial charge in [-0.1, -0.05) is 12.1 Å². The first-order chi connectivity index (χ1) is 15.5. The highest BCUT2D eigenvalue weighted by Gasteiger charge is 2.24.